The number of hydrogen-bond donors (Lipinski definition) is 2. The summed E-state index contributed by atoms with van der Waals surface area (Å²) in [6, 6.07) is 29.7. The highest BCUT2D eigenvalue weighted by Gasteiger charge is 2.38. The number of hydrogen-bond acceptors (Lipinski definition) is 4. The third kappa shape index (κ3) is 7.70. The number of pyridine rings is 1. The van der Waals surface area contributed by atoms with E-state index in [1.165, 1.54) is 16.7 Å². The Labute approximate surface area is 391 Å². The van der Waals surface area contributed by atoms with Crippen molar-refractivity contribution in [3.63, 3.8) is 0 Å². The average molecular weight is 847 g/mol. The van der Waals surface area contributed by atoms with Crippen LogP contribution in [0.15, 0.2) is 176 Å². The van der Waals surface area contributed by atoms with Crippen LogP contribution in [0, 0.1) is 0 Å². The summed E-state index contributed by atoms with van der Waals surface area (Å²) in [4.78, 5) is 4.98. The first-order chi connectivity index (χ1) is 35.0. The summed E-state index contributed by atoms with van der Waals surface area (Å²) in [6.45, 7) is 16.0. The van der Waals surface area contributed by atoms with E-state index in [2.05, 4.69) is 100 Å². The molecule has 0 saturated carbocycles. The minimum Gasteiger partial charge on any atom is -0.457 e. The van der Waals surface area contributed by atoms with Gasteiger partial charge in [0.25, 0.3) is 0 Å². The lowest BCUT2D eigenvalue weighted by molar-refractivity contribution is 0.332. The lowest BCUT2D eigenvalue weighted by Crippen LogP contribution is -2.33. The lowest BCUT2D eigenvalue weighted by Gasteiger charge is -2.42. The smallest absolute Gasteiger partial charge is 0.137 e. The van der Waals surface area contributed by atoms with Crippen molar-refractivity contribution < 1.29 is 18.4 Å². The second kappa shape index (κ2) is 15.9. The van der Waals surface area contributed by atoms with Crippen LogP contribution in [0.25, 0.3) is 49.9 Å². The maximum absolute atomic E-state index is 8.91. The number of nitrogens with one attached hydrogen (secondary N) is 2. The predicted molar refractivity (Wildman–Crippen MR) is 269 cm³/mol. The van der Waals surface area contributed by atoms with Gasteiger partial charge in [0.1, 0.15) is 17.3 Å². The van der Waals surface area contributed by atoms with Crippen molar-refractivity contribution in [2.24, 2.45) is 0 Å². The monoisotopic (exact) mass is 847 g/mol. The third-order valence-electron chi connectivity index (χ3n) is 12.7. The second-order valence-electron chi connectivity index (χ2n) is 19.0. The first-order valence-corrected chi connectivity index (χ1v) is 21.8. The van der Waals surface area contributed by atoms with Crippen molar-refractivity contribution in [3.05, 3.63) is 193 Å². The Bertz CT molecular complexity index is 3640. The molecule has 5 heteroatoms. The number of aromatic nitrogens is 2. The van der Waals surface area contributed by atoms with Gasteiger partial charge < -0.3 is 15.4 Å². The highest BCUT2D eigenvalue weighted by atomic mass is 16.5. The standard InChI is InChI=1S/C59H56N4O/c1-57(2,3)41-30-33-60-55(34-41)63-53-36-44(28-29-47(53)48-37-49-50(38-54(48)63)59(6,7)32-31-58(49,4)5)64-43-23-16-22-42(35-43)61-51-26-14-15-27-52(51)62-56-45(39-18-10-8-11-19-39)24-17-25-46(56)40-20-12-9-13-21-40/h8-30,33-38,61-62H,31-32H2,1-7H3/i8D,9D,10D,11D,12D,13D,18D,19D,20D,21D. The van der Waals surface area contributed by atoms with Gasteiger partial charge in [-0.15, -0.1) is 0 Å². The average Bonchev–Trinajstić information content (AvgIpc) is 3.69. The van der Waals surface area contributed by atoms with Crippen LogP contribution in [-0.2, 0) is 16.2 Å². The fraction of sp³-hybridized carbons (Fsp3) is 0.203. The van der Waals surface area contributed by atoms with E-state index in [1.54, 1.807) is 30.3 Å². The Morgan fingerprint density at radius 3 is 1.84 bits per heavy atom. The molecular weight excluding hydrogens is 781 g/mol. The van der Waals surface area contributed by atoms with E-state index in [0.29, 0.717) is 28.6 Å². The maximum Gasteiger partial charge on any atom is 0.137 e. The molecule has 7 aromatic carbocycles. The number of para-hydroxylation sites is 3. The molecule has 64 heavy (non-hydrogen) atoms. The van der Waals surface area contributed by atoms with Gasteiger partial charge in [-0.2, -0.15) is 0 Å². The molecule has 10 rings (SSSR count). The Morgan fingerprint density at radius 1 is 0.594 bits per heavy atom. The molecule has 0 aliphatic heterocycles. The van der Waals surface area contributed by atoms with Crippen LogP contribution < -0.4 is 15.4 Å². The Morgan fingerprint density at radius 2 is 1.19 bits per heavy atom. The molecule has 1 aliphatic rings. The largest absolute Gasteiger partial charge is 0.457 e. The van der Waals surface area contributed by atoms with E-state index >= 15 is 0 Å². The normalized spacial score (nSPS) is 16.5. The van der Waals surface area contributed by atoms with Gasteiger partial charge in [0.05, 0.1) is 41.8 Å². The van der Waals surface area contributed by atoms with Gasteiger partial charge in [-0.05, 0) is 118 Å². The van der Waals surface area contributed by atoms with Crippen molar-refractivity contribution in [1.29, 1.82) is 0 Å². The zero-order valence-electron chi connectivity index (χ0n) is 47.2. The summed E-state index contributed by atoms with van der Waals surface area (Å²) in [6.07, 6.45) is 4.09. The molecule has 5 nitrogen and oxygen atoms in total. The van der Waals surface area contributed by atoms with Crippen molar-refractivity contribution in [1.82, 2.24) is 9.55 Å². The SMILES string of the molecule is [2H]c1c([2H])c([2H])c(-c2cccc(-c3c([2H])c([2H])c([2H])c([2H])c3[2H])c2Nc2ccccc2Nc2cccc(Oc3ccc4c5cc6c(cc5n(-c5cc(C(C)(C)C)ccn5)c4c3)C(C)(C)CCC6(C)C)c2)c([2H])c1[2H]. The van der Waals surface area contributed by atoms with Crippen LogP contribution in [0.2, 0.25) is 0 Å². The zero-order chi connectivity index (χ0) is 52.9. The summed E-state index contributed by atoms with van der Waals surface area (Å²) in [5.41, 5.74) is 7.86. The molecule has 2 aromatic heterocycles. The van der Waals surface area contributed by atoms with Gasteiger partial charge in [-0.25, -0.2) is 4.98 Å². The maximum atomic E-state index is 8.91. The van der Waals surface area contributed by atoms with Crippen LogP contribution in [0.5, 0.6) is 11.5 Å². The third-order valence-corrected chi connectivity index (χ3v) is 12.7. The zero-order valence-corrected chi connectivity index (χ0v) is 37.2. The first-order valence-electron chi connectivity index (χ1n) is 26.8. The highest BCUT2D eigenvalue weighted by Crippen LogP contribution is 2.49. The number of fused-ring (bicyclic) bond motifs is 4. The van der Waals surface area contributed by atoms with E-state index < -0.39 is 60.4 Å². The summed E-state index contributed by atoms with van der Waals surface area (Å²) in [5.74, 6) is 2.02. The first kappa shape index (κ1) is 30.9. The molecule has 0 radical (unpaired) electrons. The fourth-order valence-corrected chi connectivity index (χ4v) is 9.01. The summed E-state index contributed by atoms with van der Waals surface area (Å²) < 4.78 is 95.1. The number of benzene rings is 7. The molecule has 9 aromatic rings. The molecule has 0 unspecified atom stereocenters. The molecular formula is C59H56N4O. The Hall–Kier alpha value is -7.11. The van der Waals surface area contributed by atoms with E-state index in [1.807, 2.05) is 48.7 Å². The molecule has 0 spiro atoms. The molecule has 0 bridgehead atoms. The van der Waals surface area contributed by atoms with E-state index in [-0.39, 0.29) is 44.2 Å². The molecule has 0 atom stereocenters. The van der Waals surface area contributed by atoms with E-state index in [9.17, 15) is 0 Å². The van der Waals surface area contributed by atoms with Gasteiger partial charge in [0.15, 0.2) is 0 Å². The summed E-state index contributed by atoms with van der Waals surface area (Å²) >= 11 is 0. The lowest BCUT2D eigenvalue weighted by atomic mass is 9.63. The molecule has 0 amide bonds. The number of rotatable bonds is 9. The van der Waals surface area contributed by atoms with Gasteiger partial charge >= 0.3 is 0 Å². The quantitative estimate of drug-likeness (QED) is 0.152. The van der Waals surface area contributed by atoms with E-state index in [0.717, 1.165) is 40.5 Å². The number of anilines is 4. The van der Waals surface area contributed by atoms with Crippen LogP contribution >= 0.6 is 0 Å². The van der Waals surface area contributed by atoms with Crippen LogP contribution in [0.1, 0.15) is 91.7 Å². The highest BCUT2D eigenvalue weighted by molar-refractivity contribution is 6.10. The number of nitrogens with zero attached hydrogens (tertiary/aromatic N) is 2. The van der Waals surface area contributed by atoms with Crippen molar-refractivity contribution >= 4 is 44.6 Å². The minimum absolute atomic E-state index is 0.000641. The molecule has 0 saturated heterocycles. The van der Waals surface area contributed by atoms with Gasteiger partial charge in [0, 0.05) is 45.9 Å². The Balaban J connectivity index is 1.05. The van der Waals surface area contributed by atoms with Gasteiger partial charge in [-0.1, -0.05) is 145 Å². The number of ether oxygens (including phenoxy) is 1. The van der Waals surface area contributed by atoms with Crippen molar-refractivity contribution in [2.45, 2.75) is 77.6 Å². The van der Waals surface area contributed by atoms with Crippen molar-refractivity contribution in [3.8, 4) is 39.6 Å². The fourth-order valence-electron chi connectivity index (χ4n) is 9.01. The Kier molecular flexibility index (Phi) is 7.67. The molecule has 0 fully saturated rings. The van der Waals surface area contributed by atoms with Gasteiger partial charge in [-0.3, -0.25) is 4.57 Å². The minimum atomic E-state index is -0.560. The molecule has 2 N–H and O–H groups in total. The van der Waals surface area contributed by atoms with Crippen LogP contribution in [0.4, 0.5) is 22.7 Å². The summed E-state index contributed by atoms with van der Waals surface area (Å²) in [7, 11) is 0. The van der Waals surface area contributed by atoms with Crippen LogP contribution in [0.3, 0.4) is 0 Å². The summed E-state index contributed by atoms with van der Waals surface area (Å²) in [5, 5.41) is 9.16. The van der Waals surface area contributed by atoms with Gasteiger partial charge in [0.2, 0.25) is 0 Å². The van der Waals surface area contributed by atoms with E-state index in [4.69, 9.17) is 23.4 Å². The molecule has 318 valence electrons. The van der Waals surface area contributed by atoms with Crippen LogP contribution in [-0.4, -0.2) is 9.55 Å². The molecule has 1 aliphatic carbocycles. The topological polar surface area (TPSA) is 51.1 Å². The predicted octanol–water partition coefficient (Wildman–Crippen LogP) is 16.4. The molecule has 2 heterocycles. The second-order valence-corrected chi connectivity index (χ2v) is 19.0. The van der Waals surface area contributed by atoms with Crippen molar-refractivity contribution in [2.75, 3.05) is 10.6 Å².